The van der Waals surface area contributed by atoms with Crippen molar-refractivity contribution in [2.75, 3.05) is 18.4 Å². The summed E-state index contributed by atoms with van der Waals surface area (Å²) in [5.74, 6) is 0.766. The quantitative estimate of drug-likeness (QED) is 0.628. The highest BCUT2D eigenvalue weighted by Crippen LogP contribution is 2.26. The molecule has 1 fully saturated rings. The van der Waals surface area contributed by atoms with Gasteiger partial charge in [-0.25, -0.2) is 9.97 Å². The lowest BCUT2D eigenvalue weighted by Crippen LogP contribution is -2.32. The van der Waals surface area contributed by atoms with E-state index in [1.54, 1.807) is 22.7 Å². The van der Waals surface area contributed by atoms with Crippen molar-refractivity contribution in [1.82, 2.24) is 14.9 Å². The SMILES string of the molecule is CC1CCN(Cc2csc(NC(=O)Cc3csc(-c4ccsc4)n3)n2)CC1. The second-order valence-electron chi connectivity index (χ2n) is 6.98. The number of thiazole rings is 2. The molecule has 0 aliphatic carbocycles. The molecule has 5 nitrogen and oxygen atoms in total. The molecule has 0 unspecified atom stereocenters. The van der Waals surface area contributed by atoms with Crippen molar-refractivity contribution in [2.45, 2.75) is 32.7 Å². The van der Waals surface area contributed by atoms with Crippen molar-refractivity contribution in [3.05, 3.63) is 39.0 Å². The number of piperidine rings is 1. The van der Waals surface area contributed by atoms with Gasteiger partial charge in [0.2, 0.25) is 5.91 Å². The number of rotatable bonds is 6. The lowest BCUT2D eigenvalue weighted by molar-refractivity contribution is -0.115. The van der Waals surface area contributed by atoms with Gasteiger partial charge in [-0.1, -0.05) is 6.92 Å². The van der Waals surface area contributed by atoms with Crippen LogP contribution in [0.25, 0.3) is 10.6 Å². The number of amides is 1. The lowest BCUT2D eigenvalue weighted by atomic mass is 9.99. The van der Waals surface area contributed by atoms with E-state index in [4.69, 9.17) is 0 Å². The van der Waals surface area contributed by atoms with E-state index in [-0.39, 0.29) is 12.3 Å². The molecule has 1 aliphatic heterocycles. The van der Waals surface area contributed by atoms with Gasteiger partial charge in [0, 0.05) is 28.2 Å². The molecule has 0 radical (unpaired) electrons. The molecule has 3 aromatic rings. The van der Waals surface area contributed by atoms with Gasteiger partial charge in [-0.05, 0) is 43.3 Å². The molecule has 1 saturated heterocycles. The fourth-order valence-corrected chi connectivity index (χ4v) is 5.37. The third-order valence-electron chi connectivity index (χ3n) is 4.72. The van der Waals surface area contributed by atoms with E-state index in [1.807, 2.05) is 22.2 Å². The average Bonchev–Trinajstić information content (AvgIpc) is 3.39. The van der Waals surface area contributed by atoms with E-state index in [1.165, 1.54) is 24.2 Å². The van der Waals surface area contributed by atoms with Crippen molar-refractivity contribution in [3.8, 4) is 10.6 Å². The van der Waals surface area contributed by atoms with Crippen molar-refractivity contribution >= 4 is 45.0 Å². The van der Waals surface area contributed by atoms with Gasteiger partial charge < -0.3 is 5.32 Å². The maximum absolute atomic E-state index is 12.3. The van der Waals surface area contributed by atoms with Crippen LogP contribution in [0.15, 0.2) is 27.6 Å². The summed E-state index contributed by atoms with van der Waals surface area (Å²) < 4.78 is 0. The number of hydrogen-bond donors (Lipinski definition) is 1. The van der Waals surface area contributed by atoms with Gasteiger partial charge in [-0.2, -0.15) is 11.3 Å². The fourth-order valence-electron chi connectivity index (χ4n) is 3.12. The van der Waals surface area contributed by atoms with Gasteiger partial charge in [0.25, 0.3) is 0 Å². The molecule has 1 N–H and O–H groups in total. The molecule has 0 atom stereocenters. The molecule has 0 bridgehead atoms. The lowest BCUT2D eigenvalue weighted by Gasteiger charge is -2.29. The van der Waals surface area contributed by atoms with Crippen LogP contribution in [-0.2, 0) is 17.8 Å². The van der Waals surface area contributed by atoms with Gasteiger partial charge in [0.15, 0.2) is 5.13 Å². The van der Waals surface area contributed by atoms with Crippen LogP contribution < -0.4 is 5.32 Å². The Morgan fingerprint density at radius 2 is 2.00 bits per heavy atom. The van der Waals surface area contributed by atoms with Crippen molar-refractivity contribution < 1.29 is 4.79 Å². The Bertz CT molecular complexity index is 879. The van der Waals surface area contributed by atoms with Crippen molar-refractivity contribution in [1.29, 1.82) is 0 Å². The van der Waals surface area contributed by atoms with Crippen molar-refractivity contribution in [3.63, 3.8) is 0 Å². The summed E-state index contributed by atoms with van der Waals surface area (Å²) in [6, 6.07) is 2.05. The Balaban J connectivity index is 1.29. The fraction of sp³-hybridized carbons (Fsp3) is 0.421. The monoisotopic (exact) mass is 418 g/mol. The minimum absolute atomic E-state index is 0.0649. The molecule has 8 heteroatoms. The first-order valence-corrected chi connectivity index (χ1v) is 11.8. The molecule has 4 heterocycles. The largest absolute Gasteiger partial charge is 0.302 e. The number of carbonyl (C=O) groups is 1. The first-order valence-electron chi connectivity index (χ1n) is 9.09. The van der Waals surface area contributed by atoms with Crippen LogP contribution in [0.3, 0.4) is 0 Å². The van der Waals surface area contributed by atoms with Gasteiger partial charge >= 0.3 is 0 Å². The molecule has 3 aromatic heterocycles. The molecule has 142 valence electrons. The second-order valence-corrected chi connectivity index (χ2v) is 9.48. The van der Waals surface area contributed by atoms with Crippen LogP contribution in [0.4, 0.5) is 5.13 Å². The number of nitrogens with zero attached hydrogens (tertiary/aromatic N) is 3. The summed E-state index contributed by atoms with van der Waals surface area (Å²) in [4.78, 5) is 23.9. The van der Waals surface area contributed by atoms with Gasteiger partial charge in [-0.15, -0.1) is 22.7 Å². The van der Waals surface area contributed by atoms with Crippen LogP contribution >= 0.6 is 34.0 Å². The standard InChI is InChI=1S/C19H22N4OS3/c1-13-2-5-23(6-3-13)9-16-12-27-19(21-16)22-17(24)8-15-11-26-18(20-15)14-4-7-25-10-14/h4,7,10-13H,2-3,5-6,8-9H2,1H3,(H,21,22,24). The highest BCUT2D eigenvalue weighted by atomic mass is 32.1. The second kappa shape index (κ2) is 8.60. The Hall–Kier alpha value is -1.61. The van der Waals surface area contributed by atoms with Crippen LogP contribution in [0.2, 0.25) is 0 Å². The molecule has 4 rings (SSSR count). The predicted molar refractivity (Wildman–Crippen MR) is 114 cm³/mol. The Morgan fingerprint density at radius 3 is 2.78 bits per heavy atom. The summed E-state index contributed by atoms with van der Waals surface area (Å²) in [5.41, 5.74) is 2.96. The van der Waals surface area contributed by atoms with Crippen molar-refractivity contribution in [2.24, 2.45) is 5.92 Å². The Kier molecular flexibility index (Phi) is 5.97. The zero-order chi connectivity index (χ0) is 18.6. The molecule has 0 saturated carbocycles. The third-order valence-corrected chi connectivity index (χ3v) is 7.15. The Morgan fingerprint density at radius 1 is 1.19 bits per heavy atom. The van der Waals surface area contributed by atoms with Gasteiger partial charge in [-0.3, -0.25) is 9.69 Å². The summed E-state index contributed by atoms with van der Waals surface area (Å²) in [6.45, 7) is 5.46. The molecule has 1 amide bonds. The first kappa shape index (κ1) is 18.7. The maximum Gasteiger partial charge on any atom is 0.232 e. The number of likely N-dealkylation sites (tertiary alicyclic amines) is 1. The summed E-state index contributed by atoms with van der Waals surface area (Å²) in [5, 5.41) is 12.7. The number of anilines is 1. The van der Waals surface area contributed by atoms with E-state index >= 15 is 0 Å². The smallest absolute Gasteiger partial charge is 0.232 e. The van der Waals surface area contributed by atoms with Gasteiger partial charge in [0.05, 0.1) is 17.8 Å². The van der Waals surface area contributed by atoms with E-state index in [0.29, 0.717) is 5.13 Å². The number of hydrogen-bond acceptors (Lipinski definition) is 7. The van der Waals surface area contributed by atoms with E-state index in [0.717, 1.165) is 47.5 Å². The highest BCUT2D eigenvalue weighted by molar-refractivity contribution is 7.14. The zero-order valence-electron chi connectivity index (χ0n) is 15.2. The summed E-state index contributed by atoms with van der Waals surface area (Å²) in [7, 11) is 0. The first-order chi connectivity index (χ1) is 13.2. The predicted octanol–water partition coefficient (Wildman–Crippen LogP) is 4.74. The molecular weight excluding hydrogens is 396 g/mol. The van der Waals surface area contributed by atoms with E-state index in [2.05, 4.69) is 32.5 Å². The van der Waals surface area contributed by atoms with E-state index in [9.17, 15) is 4.79 Å². The Labute approximate surface area is 171 Å². The highest BCUT2D eigenvalue weighted by Gasteiger charge is 2.17. The molecule has 1 aliphatic rings. The van der Waals surface area contributed by atoms with Crippen LogP contribution in [-0.4, -0.2) is 33.9 Å². The molecule has 27 heavy (non-hydrogen) atoms. The van der Waals surface area contributed by atoms with E-state index < -0.39 is 0 Å². The minimum atomic E-state index is -0.0649. The topological polar surface area (TPSA) is 58.1 Å². The summed E-state index contributed by atoms with van der Waals surface area (Å²) in [6.07, 6.45) is 2.79. The normalized spacial score (nSPS) is 15.9. The average molecular weight is 419 g/mol. The van der Waals surface area contributed by atoms with Crippen LogP contribution in [0, 0.1) is 5.92 Å². The summed E-state index contributed by atoms with van der Waals surface area (Å²) >= 11 is 4.72. The molecule has 0 spiro atoms. The van der Waals surface area contributed by atoms with Crippen LogP contribution in [0.5, 0.6) is 0 Å². The number of carbonyl (C=O) groups excluding carboxylic acids is 1. The number of thiophene rings is 1. The van der Waals surface area contributed by atoms with Crippen LogP contribution in [0.1, 0.15) is 31.2 Å². The molecule has 0 aromatic carbocycles. The molecular formula is C19H22N4OS3. The maximum atomic E-state index is 12.3. The zero-order valence-corrected chi connectivity index (χ0v) is 17.6. The third kappa shape index (κ3) is 5.01. The minimum Gasteiger partial charge on any atom is -0.302 e. The number of nitrogens with one attached hydrogen (secondary N) is 1. The number of aromatic nitrogens is 2. The van der Waals surface area contributed by atoms with Gasteiger partial charge in [0.1, 0.15) is 5.01 Å².